The first-order valence-electron chi connectivity index (χ1n) is 11.3. The van der Waals surface area contributed by atoms with Crippen molar-refractivity contribution in [2.24, 2.45) is 4.99 Å². The van der Waals surface area contributed by atoms with Gasteiger partial charge in [-0.1, -0.05) is 12.8 Å². The van der Waals surface area contributed by atoms with Gasteiger partial charge in [0.15, 0.2) is 5.96 Å². The number of aromatic nitrogens is 2. The molecule has 1 saturated heterocycles. The van der Waals surface area contributed by atoms with E-state index in [9.17, 15) is 0 Å². The van der Waals surface area contributed by atoms with E-state index in [4.69, 9.17) is 14.7 Å². The molecule has 2 aromatic rings. The average molecular weight is 445 g/mol. The van der Waals surface area contributed by atoms with E-state index < -0.39 is 0 Å². The molecule has 1 aliphatic rings. The summed E-state index contributed by atoms with van der Waals surface area (Å²) >= 11 is 1.64. The molecular formula is C23H36N6OS. The number of aliphatic imine (C=N–C) groups is 1. The molecule has 3 heterocycles. The van der Waals surface area contributed by atoms with Crippen LogP contribution in [0.1, 0.15) is 61.9 Å². The Labute approximate surface area is 190 Å². The van der Waals surface area contributed by atoms with Gasteiger partial charge in [-0.15, -0.1) is 11.3 Å². The van der Waals surface area contributed by atoms with Crippen LogP contribution in [0.4, 0.5) is 5.82 Å². The van der Waals surface area contributed by atoms with Crippen LogP contribution < -0.4 is 10.2 Å². The van der Waals surface area contributed by atoms with Gasteiger partial charge in [0, 0.05) is 45.4 Å². The summed E-state index contributed by atoms with van der Waals surface area (Å²) in [4.78, 5) is 18.7. The molecule has 1 N–H and O–H groups in total. The van der Waals surface area contributed by atoms with E-state index in [1.54, 1.807) is 18.4 Å². The summed E-state index contributed by atoms with van der Waals surface area (Å²) < 4.78 is 5.38. The maximum Gasteiger partial charge on any atom is 0.194 e. The third-order valence-electron chi connectivity index (χ3n) is 5.52. The van der Waals surface area contributed by atoms with Crippen molar-refractivity contribution in [1.29, 1.82) is 0 Å². The highest BCUT2D eigenvalue weighted by Gasteiger charge is 2.14. The Morgan fingerprint density at radius 3 is 2.81 bits per heavy atom. The molecule has 1 aliphatic heterocycles. The fraction of sp³-hybridized carbons (Fsp3) is 0.609. The first kappa shape index (κ1) is 23.5. The molecule has 3 rings (SSSR count). The number of methoxy groups -OCH3 is 1. The largest absolute Gasteiger partial charge is 0.375 e. The van der Waals surface area contributed by atoms with Crippen molar-refractivity contribution in [2.45, 2.75) is 58.7 Å². The standard InChI is InChI=1S/C23H36N6OS/c1-5-24-23(28(3)16-20-17-31-22(27-20)18(2)30-4)26-15-19-10-11-25-21(14-19)29-12-8-6-7-9-13-29/h10-11,14,17-18H,5-9,12-13,15-16H2,1-4H3,(H,24,26). The Morgan fingerprint density at radius 2 is 2.10 bits per heavy atom. The molecule has 0 amide bonds. The molecule has 0 aromatic carbocycles. The number of nitrogens with zero attached hydrogens (tertiary/aromatic N) is 5. The molecule has 0 bridgehead atoms. The maximum absolute atomic E-state index is 5.38. The van der Waals surface area contributed by atoms with Gasteiger partial charge in [-0.2, -0.15) is 0 Å². The Kier molecular flexibility index (Phi) is 9.09. The zero-order chi connectivity index (χ0) is 22.1. The lowest BCUT2D eigenvalue weighted by molar-refractivity contribution is 0.119. The Morgan fingerprint density at radius 1 is 1.32 bits per heavy atom. The molecule has 1 atom stereocenters. The van der Waals surface area contributed by atoms with Gasteiger partial charge in [0.1, 0.15) is 16.9 Å². The number of thiazole rings is 1. The van der Waals surface area contributed by atoms with Gasteiger partial charge in [0.25, 0.3) is 0 Å². The summed E-state index contributed by atoms with van der Waals surface area (Å²) in [5, 5.41) is 6.50. The van der Waals surface area contributed by atoms with E-state index in [1.807, 2.05) is 13.1 Å². The smallest absolute Gasteiger partial charge is 0.194 e. The first-order chi connectivity index (χ1) is 15.1. The van der Waals surface area contributed by atoms with Crippen LogP contribution in [0.2, 0.25) is 0 Å². The van der Waals surface area contributed by atoms with Crippen LogP contribution in [0, 0.1) is 0 Å². The van der Waals surface area contributed by atoms with E-state index in [-0.39, 0.29) is 6.10 Å². The number of ether oxygens (including phenoxy) is 1. The van der Waals surface area contributed by atoms with Crippen molar-refractivity contribution in [3.63, 3.8) is 0 Å². The first-order valence-corrected chi connectivity index (χ1v) is 12.1. The Bertz CT molecular complexity index is 831. The van der Waals surface area contributed by atoms with Gasteiger partial charge in [-0.3, -0.25) is 0 Å². The maximum atomic E-state index is 5.38. The molecule has 0 saturated carbocycles. The van der Waals surface area contributed by atoms with Crippen LogP contribution in [-0.2, 0) is 17.8 Å². The molecule has 31 heavy (non-hydrogen) atoms. The molecule has 7 nitrogen and oxygen atoms in total. The minimum absolute atomic E-state index is 0.0241. The summed E-state index contributed by atoms with van der Waals surface area (Å²) in [5.74, 6) is 1.96. The lowest BCUT2D eigenvalue weighted by Gasteiger charge is -2.22. The van der Waals surface area contributed by atoms with Gasteiger partial charge < -0.3 is 19.9 Å². The monoisotopic (exact) mass is 444 g/mol. The number of hydrogen-bond acceptors (Lipinski definition) is 6. The fourth-order valence-corrected chi connectivity index (χ4v) is 4.51. The van der Waals surface area contributed by atoms with Crippen LogP contribution in [0.15, 0.2) is 28.7 Å². The van der Waals surface area contributed by atoms with Gasteiger partial charge in [0.2, 0.25) is 0 Å². The molecule has 170 valence electrons. The van der Waals surface area contributed by atoms with Crippen molar-refractivity contribution in [3.05, 3.63) is 40.0 Å². The molecule has 1 fully saturated rings. The third-order valence-corrected chi connectivity index (χ3v) is 6.57. The number of nitrogens with one attached hydrogen (secondary N) is 1. The van der Waals surface area contributed by atoms with Crippen LogP contribution in [-0.4, -0.2) is 54.6 Å². The van der Waals surface area contributed by atoms with Crippen LogP contribution in [0.3, 0.4) is 0 Å². The van der Waals surface area contributed by atoms with Crippen molar-refractivity contribution in [3.8, 4) is 0 Å². The van der Waals surface area contributed by atoms with Gasteiger partial charge in [-0.25, -0.2) is 15.0 Å². The van der Waals surface area contributed by atoms with E-state index in [0.29, 0.717) is 13.1 Å². The second-order valence-electron chi connectivity index (χ2n) is 8.00. The Balaban J connectivity index is 1.66. The van der Waals surface area contributed by atoms with Crippen LogP contribution >= 0.6 is 11.3 Å². The number of hydrogen-bond donors (Lipinski definition) is 1. The van der Waals surface area contributed by atoms with E-state index in [1.165, 1.54) is 31.2 Å². The molecule has 8 heteroatoms. The summed E-state index contributed by atoms with van der Waals surface area (Å²) in [6.45, 7) is 8.46. The topological polar surface area (TPSA) is 65.9 Å². The second kappa shape index (κ2) is 12.0. The minimum Gasteiger partial charge on any atom is -0.375 e. The summed E-state index contributed by atoms with van der Waals surface area (Å²) in [6.07, 6.45) is 7.08. The van der Waals surface area contributed by atoms with Crippen molar-refractivity contribution >= 4 is 23.1 Å². The molecule has 1 unspecified atom stereocenters. The van der Waals surface area contributed by atoms with Crippen molar-refractivity contribution < 1.29 is 4.74 Å². The normalized spacial score (nSPS) is 16.1. The zero-order valence-electron chi connectivity index (χ0n) is 19.3. The summed E-state index contributed by atoms with van der Waals surface area (Å²) in [7, 11) is 3.76. The minimum atomic E-state index is 0.0241. The van der Waals surface area contributed by atoms with Crippen LogP contribution in [0.25, 0.3) is 0 Å². The molecule has 0 spiro atoms. The lowest BCUT2D eigenvalue weighted by atomic mass is 10.2. The zero-order valence-corrected chi connectivity index (χ0v) is 20.1. The predicted molar refractivity (Wildman–Crippen MR) is 129 cm³/mol. The molecule has 0 radical (unpaired) electrons. The highest BCUT2D eigenvalue weighted by Crippen LogP contribution is 2.21. The van der Waals surface area contributed by atoms with Gasteiger partial charge in [0.05, 0.1) is 18.8 Å². The summed E-state index contributed by atoms with van der Waals surface area (Å²) in [6, 6.07) is 4.25. The highest BCUT2D eigenvalue weighted by atomic mass is 32.1. The molecular weight excluding hydrogens is 408 g/mol. The number of anilines is 1. The molecule has 2 aromatic heterocycles. The average Bonchev–Trinajstić information content (AvgIpc) is 3.08. The van der Waals surface area contributed by atoms with E-state index in [0.717, 1.165) is 42.1 Å². The number of pyridine rings is 1. The van der Waals surface area contributed by atoms with Crippen LogP contribution in [0.5, 0.6) is 0 Å². The highest BCUT2D eigenvalue weighted by molar-refractivity contribution is 7.09. The lowest BCUT2D eigenvalue weighted by Crippen LogP contribution is -2.38. The van der Waals surface area contributed by atoms with Gasteiger partial charge >= 0.3 is 0 Å². The molecule has 0 aliphatic carbocycles. The van der Waals surface area contributed by atoms with Crippen molar-refractivity contribution in [2.75, 3.05) is 38.7 Å². The quantitative estimate of drug-likeness (QED) is 0.486. The van der Waals surface area contributed by atoms with Gasteiger partial charge in [-0.05, 0) is 44.4 Å². The SMILES string of the molecule is CCNC(=NCc1ccnc(N2CCCCCC2)c1)N(C)Cc1csc(C(C)OC)n1. The summed E-state index contributed by atoms with van der Waals surface area (Å²) in [5.41, 5.74) is 2.22. The van der Waals surface area contributed by atoms with E-state index in [2.05, 4.69) is 51.6 Å². The fourth-order valence-electron chi connectivity index (χ4n) is 3.67. The van der Waals surface area contributed by atoms with E-state index >= 15 is 0 Å². The number of guanidine groups is 1. The second-order valence-corrected chi connectivity index (χ2v) is 8.89. The van der Waals surface area contributed by atoms with Crippen molar-refractivity contribution in [1.82, 2.24) is 20.2 Å². The number of rotatable bonds is 8. The predicted octanol–water partition coefficient (Wildman–Crippen LogP) is 4.22. The third kappa shape index (κ3) is 6.90. The Hall–Kier alpha value is -2.19.